The maximum atomic E-state index is 11.5. The van der Waals surface area contributed by atoms with Gasteiger partial charge < -0.3 is 25.2 Å². The van der Waals surface area contributed by atoms with E-state index in [1.165, 1.54) is 4.90 Å². The third-order valence-corrected chi connectivity index (χ3v) is 5.70. The number of benzene rings is 1. The van der Waals surface area contributed by atoms with Crippen molar-refractivity contribution in [3.63, 3.8) is 0 Å². The fourth-order valence-corrected chi connectivity index (χ4v) is 3.82. The third kappa shape index (κ3) is 5.55. The molecule has 9 heteroatoms. The zero-order chi connectivity index (χ0) is 23.2. The lowest BCUT2D eigenvalue weighted by Gasteiger charge is -2.31. The minimum Gasteiger partial charge on any atom is -0.473 e. The second-order valence-corrected chi connectivity index (χ2v) is 8.10. The van der Waals surface area contributed by atoms with Gasteiger partial charge in [0.25, 0.3) is 0 Å². The predicted molar refractivity (Wildman–Crippen MR) is 124 cm³/mol. The Balaban J connectivity index is 1.55. The van der Waals surface area contributed by atoms with Gasteiger partial charge in [0.05, 0.1) is 30.5 Å². The van der Waals surface area contributed by atoms with Crippen molar-refractivity contribution in [2.75, 3.05) is 26.3 Å². The molecule has 1 aliphatic heterocycles. The predicted octanol–water partition coefficient (Wildman–Crippen LogP) is 3.07. The lowest BCUT2D eigenvalue weighted by Crippen LogP contribution is -2.49. The molecule has 4 rings (SSSR count). The van der Waals surface area contributed by atoms with Crippen LogP contribution in [0, 0.1) is 0 Å². The highest BCUT2D eigenvalue weighted by Gasteiger charge is 2.24. The summed E-state index contributed by atoms with van der Waals surface area (Å²) in [7, 11) is 0. The number of carbonyl (C=O) groups excluding carboxylic acids is 1. The first-order valence-corrected chi connectivity index (χ1v) is 11.2. The molecule has 0 aliphatic carbocycles. The van der Waals surface area contributed by atoms with Gasteiger partial charge in [0, 0.05) is 24.5 Å². The number of carbonyl (C=O) groups is 1. The monoisotopic (exact) mass is 451 g/mol. The second-order valence-electron chi connectivity index (χ2n) is 8.10. The number of primary amides is 1. The molecule has 0 bridgehead atoms. The van der Waals surface area contributed by atoms with Crippen LogP contribution < -0.4 is 10.5 Å². The van der Waals surface area contributed by atoms with Crippen molar-refractivity contribution in [3.05, 3.63) is 48.3 Å². The zero-order valence-electron chi connectivity index (χ0n) is 18.7. The molecule has 9 nitrogen and oxygen atoms in total. The Bertz CT molecular complexity index is 1090. The Morgan fingerprint density at radius 2 is 2.09 bits per heavy atom. The van der Waals surface area contributed by atoms with Crippen LogP contribution in [0.4, 0.5) is 4.79 Å². The average molecular weight is 452 g/mol. The molecular weight excluding hydrogens is 422 g/mol. The topological polar surface area (TPSA) is 124 Å². The van der Waals surface area contributed by atoms with Crippen molar-refractivity contribution >= 4 is 17.1 Å². The first kappa shape index (κ1) is 22.9. The van der Waals surface area contributed by atoms with E-state index in [1.54, 1.807) is 12.4 Å². The molecule has 0 spiro atoms. The number of hydrogen-bond acceptors (Lipinski definition) is 7. The Kier molecular flexibility index (Phi) is 7.31. The summed E-state index contributed by atoms with van der Waals surface area (Å²) in [6, 6.07) is 9.12. The fourth-order valence-electron chi connectivity index (χ4n) is 3.82. The van der Waals surface area contributed by atoms with Crippen LogP contribution in [0.1, 0.15) is 37.9 Å². The zero-order valence-corrected chi connectivity index (χ0v) is 18.7. The number of urea groups is 1. The number of rotatable bonds is 8. The van der Waals surface area contributed by atoms with Gasteiger partial charge in [-0.2, -0.15) is 0 Å². The number of fused-ring (bicyclic) bond motifs is 1. The van der Waals surface area contributed by atoms with Crippen molar-refractivity contribution < 1.29 is 19.4 Å². The number of hydrogen-bond donors (Lipinski definition) is 2. The van der Waals surface area contributed by atoms with Crippen molar-refractivity contribution in [1.82, 2.24) is 19.9 Å². The Hall–Kier alpha value is -3.30. The summed E-state index contributed by atoms with van der Waals surface area (Å²) in [6.07, 6.45) is 5.21. The van der Waals surface area contributed by atoms with Gasteiger partial charge in [0.2, 0.25) is 5.88 Å². The lowest BCUT2D eigenvalue weighted by atomic mass is 10.0. The van der Waals surface area contributed by atoms with Gasteiger partial charge in [-0.3, -0.25) is 4.98 Å². The molecule has 1 fully saturated rings. The molecule has 0 saturated carbocycles. The van der Waals surface area contributed by atoms with Crippen molar-refractivity contribution in [3.8, 4) is 17.1 Å². The SMILES string of the molecule is CCCCC(O)c1ccc(-c2cc3nccnc3c(OC[C@@H]3CN(C(N)=O)CCO3)n2)cc1. The van der Waals surface area contributed by atoms with Crippen LogP contribution in [-0.2, 0) is 4.74 Å². The van der Waals surface area contributed by atoms with E-state index in [0.717, 1.165) is 30.4 Å². The molecule has 2 aromatic heterocycles. The molecular formula is C24H29N5O4. The second kappa shape index (κ2) is 10.5. The van der Waals surface area contributed by atoms with Crippen molar-refractivity contribution in [1.29, 1.82) is 0 Å². The molecule has 3 N–H and O–H groups in total. The maximum Gasteiger partial charge on any atom is 0.314 e. The molecule has 3 heterocycles. The summed E-state index contributed by atoms with van der Waals surface area (Å²) >= 11 is 0. The average Bonchev–Trinajstić information content (AvgIpc) is 2.86. The molecule has 1 aliphatic rings. The summed E-state index contributed by atoms with van der Waals surface area (Å²) in [4.78, 5) is 26.5. The normalized spacial score (nSPS) is 17.2. The number of unbranched alkanes of at least 4 members (excludes halogenated alkanes) is 1. The van der Waals surface area contributed by atoms with E-state index >= 15 is 0 Å². The summed E-state index contributed by atoms with van der Waals surface area (Å²) in [5.74, 6) is 0.349. The van der Waals surface area contributed by atoms with E-state index < -0.39 is 12.1 Å². The largest absolute Gasteiger partial charge is 0.473 e. The third-order valence-electron chi connectivity index (χ3n) is 5.70. The van der Waals surface area contributed by atoms with Crippen LogP contribution in [0.25, 0.3) is 22.3 Å². The van der Waals surface area contributed by atoms with Gasteiger partial charge in [-0.05, 0) is 18.1 Å². The van der Waals surface area contributed by atoms with Crippen LogP contribution in [0.5, 0.6) is 5.88 Å². The Labute approximate surface area is 192 Å². The summed E-state index contributed by atoms with van der Waals surface area (Å²) in [5.41, 5.74) is 9.06. The first-order chi connectivity index (χ1) is 16.0. The quantitative estimate of drug-likeness (QED) is 0.539. The minimum atomic E-state index is -0.469. The standard InChI is InChI=1S/C24H29N5O4/c1-2-3-4-21(30)17-7-5-16(6-8-17)19-13-20-22(27-10-9-26-20)23(28-19)33-15-18-14-29(24(25)31)11-12-32-18/h5-10,13,18,21,30H,2-4,11-12,14-15H2,1H3,(H2,25,31)/t18-,21?/m0/s1. The van der Waals surface area contributed by atoms with Crippen LogP contribution in [0.2, 0.25) is 0 Å². The summed E-state index contributed by atoms with van der Waals surface area (Å²) < 4.78 is 11.7. The van der Waals surface area contributed by atoms with E-state index in [-0.39, 0.29) is 12.7 Å². The van der Waals surface area contributed by atoms with Crippen LogP contribution >= 0.6 is 0 Å². The van der Waals surface area contributed by atoms with Gasteiger partial charge in [-0.15, -0.1) is 0 Å². The fraction of sp³-hybridized carbons (Fsp3) is 0.417. The lowest BCUT2D eigenvalue weighted by molar-refractivity contribution is -0.0346. The summed E-state index contributed by atoms with van der Waals surface area (Å²) in [5, 5.41) is 10.3. The number of ether oxygens (including phenoxy) is 2. The molecule has 174 valence electrons. The Morgan fingerprint density at radius 1 is 1.30 bits per heavy atom. The molecule has 3 aromatic rings. The van der Waals surface area contributed by atoms with Gasteiger partial charge in [0.1, 0.15) is 12.7 Å². The Morgan fingerprint density at radius 3 is 2.85 bits per heavy atom. The summed E-state index contributed by atoms with van der Waals surface area (Å²) in [6.45, 7) is 3.55. The van der Waals surface area contributed by atoms with E-state index in [1.807, 2.05) is 30.3 Å². The number of aliphatic hydroxyl groups is 1. The molecule has 33 heavy (non-hydrogen) atoms. The van der Waals surface area contributed by atoms with Gasteiger partial charge >= 0.3 is 6.03 Å². The molecule has 1 unspecified atom stereocenters. The minimum absolute atomic E-state index is 0.203. The van der Waals surface area contributed by atoms with Crippen LogP contribution in [0.15, 0.2) is 42.7 Å². The van der Waals surface area contributed by atoms with Crippen LogP contribution in [-0.4, -0.2) is 63.4 Å². The number of nitrogens with zero attached hydrogens (tertiary/aromatic N) is 4. The molecule has 2 atom stereocenters. The van der Waals surface area contributed by atoms with Gasteiger partial charge in [0.15, 0.2) is 5.52 Å². The highest BCUT2D eigenvalue weighted by molar-refractivity contribution is 5.83. The number of amides is 2. The smallest absolute Gasteiger partial charge is 0.314 e. The number of morpholine rings is 1. The first-order valence-electron chi connectivity index (χ1n) is 11.2. The van der Waals surface area contributed by atoms with E-state index in [9.17, 15) is 9.90 Å². The van der Waals surface area contributed by atoms with Crippen molar-refractivity contribution in [2.45, 2.75) is 38.4 Å². The molecule has 0 radical (unpaired) electrons. The highest BCUT2D eigenvalue weighted by atomic mass is 16.5. The molecule has 1 aromatic carbocycles. The van der Waals surface area contributed by atoms with Gasteiger partial charge in [-0.25, -0.2) is 14.8 Å². The van der Waals surface area contributed by atoms with E-state index in [0.29, 0.717) is 42.3 Å². The van der Waals surface area contributed by atoms with E-state index in [2.05, 4.69) is 21.9 Å². The molecule has 1 saturated heterocycles. The van der Waals surface area contributed by atoms with E-state index in [4.69, 9.17) is 15.2 Å². The van der Waals surface area contributed by atoms with Crippen LogP contribution in [0.3, 0.4) is 0 Å². The molecule has 2 amide bonds. The number of aromatic nitrogens is 3. The highest BCUT2D eigenvalue weighted by Crippen LogP contribution is 2.28. The maximum absolute atomic E-state index is 11.5. The number of aliphatic hydroxyl groups excluding tert-OH is 1. The van der Waals surface area contributed by atoms with Gasteiger partial charge in [-0.1, -0.05) is 44.0 Å². The number of pyridine rings is 1. The number of nitrogens with two attached hydrogens (primary N) is 1. The van der Waals surface area contributed by atoms with Crippen molar-refractivity contribution in [2.24, 2.45) is 5.73 Å².